The van der Waals surface area contributed by atoms with Gasteiger partial charge in [-0.3, -0.25) is 4.79 Å². The highest BCUT2D eigenvalue weighted by Crippen LogP contribution is 2.19. The Labute approximate surface area is 91.1 Å². The minimum atomic E-state index is -0.899. The molecule has 0 bridgehead atoms. The molecule has 0 saturated heterocycles. The SMILES string of the molecule is CCC(CC)C(O)C(=O)C1=CCCCO1. The second kappa shape index (κ2) is 5.91. The van der Waals surface area contributed by atoms with E-state index >= 15 is 0 Å². The number of hydrogen-bond donors (Lipinski definition) is 1. The van der Waals surface area contributed by atoms with Gasteiger partial charge in [-0.05, 0) is 24.8 Å². The van der Waals surface area contributed by atoms with Crippen LogP contribution >= 0.6 is 0 Å². The Kier molecular flexibility index (Phi) is 4.82. The minimum absolute atomic E-state index is 0.0453. The van der Waals surface area contributed by atoms with Crippen LogP contribution in [0.5, 0.6) is 0 Å². The Morgan fingerprint density at radius 1 is 1.53 bits per heavy atom. The maximum Gasteiger partial charge on any atom is 0.225 e. The standard InChI is InChI=1S/C12H20O3/c1-3-9(4-2)11(13)12(14)10-7-5-6-8-15-10/h7,9,11,13H,3-6,8H2,1-2H3. The number of hydrogen-bond acceptors (Lipinski definition) is 3. The van der Waals surface area contributed by atoms with Gasteiger partial charge in [0.1, 0.15) is 6.10 Å². The van der Waals surface area contributed by atoms with Gasteiger partial charge in [-0.1, -0.05) is 26.7 Å². The quantitative estimate of drug-likeness (QED) is 0.758. The van der Waals surface area contributed by atoms with E-state index in [1.165, 1.54) is 0 Å². The van der Waals surface area contributed by atoms with Gasteiger partial charge in [-0.15, -0.1) is 0 Å². The summed E-state index contributed by atoms with van der Waals surface area (Å²) in [5.41, 5.74) is 0. The Morgan fingerprint density at radius 2 is 2.20 bits per heavy atom. The molecule has 0 aliphatic carbocycles. The van der Waals surface area contributed by atoms with Crippen LogP contribution in [0, 0.1) is 5.92 Å². The van der Waals surface area contributed by atoms with Crippen molar-refractivity contribution in [3.8, 4) is 0 Å². The van der Waals surface area contributed by atoms with E-state index in [0.717, 1.165) is 25.7 Å². The average molecular weight is 212 g/mol. The van der Waals surface area contributed by atoms with E-state index in [2.05, 4.69) is 0 Å². The van der Waals surface area contributed by atoms with Crippen molar-refractivity contribution in [3.63, 3.8) is 0 Å². The molecule has 1 rings (SSSR count). The second-order valence-electron chi connectivity index (χ2n) is 3.94. The topological polar surface area (TPSA) is 46.5 Å². The molecule has 1 unspecified atom stereocenters. The van der Waals surface area contributed by atoms with Crippen molar-refractivity contribution in [2.75, 3.05) is 6.61 Å². The highest BCUT2D eigenvalue weighted by Gasteiger charge is 2.27. The van der Waals surface area contributed by atoms with E-state index in [1.54, 1.807) is 6.08 Å². The predicted octanol–water partition coefficient (Wildman–Crippen LogP) is 2.05. The maximum atomic E-state index is 11.8. The molecule has 1 atom stereocenters. The predicted molar refractivity (Wildman–Crippen MR) is 58.4 cm³/mol. The van der Waals surface area contributed by atoms with Gasteiger partial charge in [0.05, 0.1) is 6.61 Å². The van der Waals surface area contributed by atoms with Crippen LogP contribution in [0.25, 0.3) is 0 Å². The fourth-order valence-electron chi connectivity index (χ4n) is 1.82. The van der Waals surface area contributed by atoms with Crippen LogP contribution in [0.3, 0.4) is 0 Å². The highest BCUT2D eigenvalue weighted by atomic mass is 16.5. The van der Waals surface area contributed by atoms with Gasteiger partial charge in [0.15, 0.2) is 5.76 Å². The molecule has 0 aromatic rings. The first kappa shape index (κ1) is 12.2. The molecule has 3 heteroatoms. The zero-order valence-corrected chi connectivity index (χ0v) is 9.53. The third kappa shape index (κ3) is 3.06. The van der Waals surface area contributed by atoms with E-state index in [-0.39, 0.29) is 11.7 Å². The summed E-state index contributed by atoms with van der Waals surface area (Å²) in [6.07, 6.45) is 4.35. The molecule has 0 aromatic carbocycles. The van der Waals surface area contributed by atoms with Crippen molar-refractivity contribution in [1.82, 2.24) is 0 Å². The van der Waals surface area contributed by atoms with Crippen LogP contribution in [0.1, 0.15) is 39.5 Å². The van der Waals surface area contributed by atoms with Crippen molar-refractivity contribution in [2.24, 2.45) is 5.92 Å². The van der Waals surface area contributed by atoms with Gasteiger partial charge in [-0.25, -0.2) is 0 Å². The van der Waals surface area contributed by atoms with Crippen LogP contribution in [-0.2, 0) is 9.53 Å². The molecular formula is C12H20O3. The Balaban J connectivity index is 2.62. The van der Waals surface area contributed by atoms with Gasteiger partial charge >= 0.3 is 0 Å². The summed E-state index contributed by atoms with van der Waals surface area (Å²) in [7, 11) is 0. The number of Topliss-reactive ketones (excluding diaryl/α,β-unsaturated/α-hetero) is 1. The number of ether oxygens (including phenoxy) is 1. The van der Waals surface area contributed by atoms with Gasteiger partial charge in [0.2, 0.25) is 5.78 Å². The summed E-state index contributed by atoms with van der Waals surface area (Å²) in [5.74, 6) is 0.160. The minimum Gasteiger partial charge on any atom is -0.490 e. The van der Waals surface area contributed by atoms with Gasteiger partial charge in [-0.2, -0.15) is 0 Å². The van der Waals surface area contributed by atoms with E-state index in [1.807, 2.05) is 13.8 Å². The third-order valence-electron chi connectivity index (χ3n) is 2.94. The third-order valence-corrected chi connectivity index (χ3v) is 2.94. The number of aliphatic hydroxyl groups excluding tert-OH is 1. The molecule has 3 nitrogen and oxygen atoms in total. The average Bonchev–Trinajstić information content (AvgIpc) is 2.30. The van der Waals surface area contributed by atoms with Crippen molar-refractivity contribution < 1.29 is 14.6 Å². The lowest BCUT2D eigenvalue weighted by molar-refractivity contribution is -0.130. The summed E-state index contributed by atoms with van der Waals surface area (Å²) in [6.45, 7) is 4.56. The zero-order chi connectivity index (χ0) is 11.3. The van der Waals surface area contributed by atoms with Gasteiger partial charge in [0, 0.05) is 0 Å². The first-order valence-electron chi connectivity index (χ1n) is 5.75. The van der Waals surface area contributed by atoms with Crippen LogP contribution in [-0.4, -0.2) is 23.6 Å². The van der Waals surface area contributed by atoms with E-state index in [9.17, 15) is 9.90 Å². The summed E-state index contributed by atoms with van der Waals surface area (Å²) < 4.78 is 5.25. The number of rotatable bonds is 5. The van der Waals surface area contributed by atoms with E-state index < -0.39 is 6.10 Å². The summed E-state index contributed by atoms with van der Waals surface area (Å²) in [5, 5.41) is 9.86. The first-order chi connectivity index (χ1) is 7.20. The molecule has 1 N–H and O–H groups in total. The normalized spacial score (nSPS) is 18.3. The van der Waals surface area contributed by atoms with Crippen LogP contribution < -0.4 is 0 Å². The summed E-state index contributed by atoms with van der Waals surface area (Å²) in [4.78, 5) is 11.8. The Hall–Kier alpha value is -0.830. The van der Waals surface area contributed by atoms with Crippen molar-refractivity contribution in [2.45, 2.75) is 45.6 Å². The van der Waals surface area contributed by atoms with Crippen molar-refractivity contribution >= 4 is 5.78 Å². The lowest BCUT2D eigenvalue weighted by Gasteiger charge is -2.21. The zero-order valence-electron chi connectivity index (χ0n) is 9.53. The molecule has 1 heterocycles. The molecule has 0 aromatic heterocycles. The van der Waals surface area contributed by atoms with E-state index in [0.29, 0.717) is 12.4 Å². The molecular weight excluding hydrogens is 192 g/mol. The largest absolute Gasteiger partial charge is 0.490 e. The Morgan fingerprint density at radius 3 is 2.67 bits per heavy atom. The molecule has 1 aliphatic heterocycles. The smallest absolute Gasteiger partial charge is 0.225 e. The fraction of sp³-hybridized carbons (Fsp3) is 0.750. The van der Waals surface area contributed by atoms with Crippen molar-refractivity contribution in [3.05, 3.63) is 11.8 Å². The van der Waals surface area contributed by atoms with E-state index in [4.69, 9.17) is 4.74 Å². The number of ketones is 1. The van der Waals surface area contributed by atoms with Gasteiger partial charge in [0.25, 0.3) is 0 Å². The number of aliphatic hydroxyl groups is 1. The monoisotopic (exact) mass is 212 g/mol. The summed E-state index contributed by atoms with van der Waals surface area (Å²) >= 11 is 0. The lowest BCUT2D eigenvalue weighted by Crippen LogP contribution is -2.31. The maximum absolute atomic E-state index is 11.8. The number of carbonyl (C=O) groups is 1. The molecule has 0 fully saturated rings. The summed E-state index contributed by atoms with van der Waals surface area (Å²) in [6, 6.07) is 0. The molecule has 0 saturated carbocycles. The Bertz CT molecular complexity index is 241. The molecule has 1 aliphatic rings. The number of allylic oxidation sites excluding steroid dienone is 1. The number of carbonyl (C=O) groups excluding carboxylic acids is 1. The fourth-order valence-corrected chi connectivity index (χ4v) is 1.82. The first-order valence-corrected chi connectivity index (χ1v) is 5.75. The van der Waals surface area contributed by atoms with Gasteiger partial charge < -0.3 is 9.84 Å². The second-order valence-corrected chi connectivity index (χ2v) is 3.94. The highest BCUT2D eigenvalue weighted by molar-refractivity contribution is 5.97. The van der Waals surface area contributed by atoms with Crippen LogP contribution in [0.2, 0.25) is 0 Å². The molecule has 86 valence electrons. The van der Waals surface area contributed by atoms with Crippen molar-refractivity contribution in [1.29, 1.82) is 0 Å². The molecule has 15 heavy (non-hydrogen) atoms. The molecule has 0 amide bonds. The van der Waals surface area contributed by atoms with Crippen LogP contribution in [0.15, 0.2) is 11.8 Å². The molecule has 0 radical (unpaired) electrons. The lowest BCUT2D eigenvalue weighted by atomic mass is 9.92. The molecule has 0 spiro atoms. The van der Waals surface area contributed by atoms with Crippen LogP contribution in [0.4, 0.5) is 0 Å².